The van der Waals surface area contributed by atoms with Gasteiger partial charge in [0.25, 0.3) is 0 Å². The fraction of sp³-hybridized carbons (Fsp3) is 0.633. The van der Waals surface area contributed by atoms with E-state index in [9.17, 15) is 34.8 Å². The highest BCUT2D eigenvalue weighted by atomic mass is 16.3. The van der Waals surface area contributed by atoms with Gasteiger partial charge in [0, 0.05) is 34.7 Å². The van der Waals surface area contributed by atoms with Crippen LogP contribution in [0.1, 0.15) is 58.1 Å². The summed E-state index contributed by atoms with van der Waals surface area (Å²) in [6.45, 7) is 8.47. The molecular formula is C30H42N4O7. The molecule has 41 heavy (non-hydrogen) atoms. The first-order valence-electron chi connectivity index (χ1n) is 14.2. The smallest absolute Gasteiger partial charge is 0.230 e. The van der Waals surface area contributed by atoms with E-state index in [2.05, 4.69) is 38.3 Å². The highest BCUT2D eigenvalue weighted by Gasteiger charge is 2.67. The lowest BCUT2D eigenvalue weighted by atomic mass is 9.54. The number of likely N-dealkylation sites (N-methyl/N-ethyl adjacent to an activating group) is 1. The number of aliphatic hydroxyl groups excluding tert-OH is 2. The lowest BCUT2D eigenvalue weighted by Crippen LogP contribution is -2.73. The first kappa shape index (κ1) is 29.5. The molecule has 1 aromatic carbocycles. The molecule has 0 aromatic heterocycles. The average Bonchev–Trinajstić information content (AvgIpc) is 2.80. The Morgan fingerprint density at radius 3 is 2.27 bits per heavy atom. The van der Waals surface area contributed by atoms with E-state index in [0.29, 0.717) is 11.3 Å². The second-order valence-corrected chi connectivity index (χ2v) is 13.9. The van der Waals surface area contributed by atoms with E-state index in [1.165, 1.54) is 0 Å². The number of nitrogens with zero attached hydrogens (tertiary/aromatic N) is 1. The summed E-state index contributed by atoms with van der Waals surface area (Å²) in [4.78, 5) is 41.2. The number of primary amides is 1. The number of aromatic hydroxyl groups is 1. The number of Topliss-reactive ketones (excluding diaryl/α,β-unsaturated/α-hetero) is 2. The first-order valence-corrected chi connectivity index (χ1v) is 14.2. The number of carbonyl (C=O) groups is 3. The maximum absolute atomic E-state index is 14.0. The Labute approximate surface area is 239 Å². The topological polar surface area (TPSA) is 185 Å². The molecule has 224 valence electrons. The minimum Gasteiger partial charge on any atom is -0.507 e. The molecule has 11 nitrogen and oxygen atoms in total. The molecule has 4 aliphatic rings. The van der Waals surface area contributed by atoms with Gasteiger partial charge in [-0.3, -0.25) is 14.4 Å². The number of ketones is 2. The van der Waals surface area contributed by atoms with E-state index in [1.807, 2.05) is 0 Å². The van der Waals surface area contributed by atoms with Crippen molar-refractivity contribution in [3.05, 3.63) is 28.8 Å². The predicted molar refractivity (Wildman–Crippen MR) is 152 cm³/mol. The number of amides is 1. The number of hydrogen-bond acceptors (Lipinski definition) is 10. The summed E-state index contributed by atoms with van der Waals surface area (Å²) in [6, 6.07) is 2.68. The van der Waals surface area contributed by atoms with Gasteiger partial charge in [-0.15, -0.1) is 0 Å². The minimum absolute atomic E-state index is 0.0223. The van der Waals surface area contributed by atoms with Crippen LogP contribution in [0.3, 0.4) is 0 Å². The Hall–Kier alpha value is -2.99. The van der Waals surface area contributed by atoms with Crippen LogP contribution in [0.15, 0.2) is 17.7 Å². The Kier molecular flexibility index (Phi) is 6.85. The minimum atomic E-state index is -2.66. The standard InChI is InChI=1S/C30H42N4O7/c1-28(2)11-15(12-29(3,4)33-28)32-17-8-7-13-9-14-10-16-21(34(5)6)24(37)20(27(31)40)26(39)30(16,41)25(38)19(14)23(36)18(13)22(17)35/h7-8,14-16,20-21,24,32-33,35-37,41H,9-12H2,1-6H3,(H2,31,40)/t14-,16-,20?,21-,24?,30-/m0/s1. The van der Waals surface area contributed by atoms with Crippen molar-refractivity contribution in [2.24, 2.45) is 23.5 Å². The van der Waals surface area contributed by atoms with Crippen LogP contribution in [0.5, 0.6) is 5.75 Å². The molecule has 2 unspecified atom stereocenters. The molecule has 11 heteroatoms. The number of fused-ring (bicyclic) bond motifs is 3. The monoisotopic (exact) mass is 570 g/mol. The van der Waals surface area contributed by atoms with Gasteiger partial charge < -0.3 is 41.7 Å². The van der Waals surface area contributed by atoms with Crippen molar-refractivity contribution in [3.63, 3.8) is 0 Å². The third-order valence-corrected chi connectivity index (χ3v) is 9.51. The highest BCUT2D eigenvalue weighted by molar-refractivity contribution is 6.25. The van der Waals surface area contributed by atoms with E-state index in [-0.39, 0.29) is 46.8 Å². The summed E-state index contributed by atoms with van der Waals surface area (Å²) >= 11 is 0. The van der Waals surface area contributed by atoms with Gasteiger partial charge in [-0.1, -0.05) is 6.07 Å². The Morgan fingerprint density at radius 2 is 1.71 bits per heavy atom. The molecule has 3 fully saturated rings. The van der Waals surface area contributed by atoms with Crippen LogP contribution in [0.4, 0.5) is 5.69 Å². The molecule has 6 atom stereocenters. The zero-order valence-electron chi connectivity index (χ0n) is 24.5. The van der Waals surface area contributed by atoms with Gasteiger partial charge in [0.1, 0.15) is 17.4 Å². The molecule has 0 spiro atoms. The zero-order valence-corrected chi connectivity index (χ0v) is 24.5. The molecule has 1 heterocycles. The summed E-state index contributed by atoms with van der Waals surface area (Å²) in [7, 11) is 3.26. The van der Waals surface area contributed by atoms with Crippen LogP contribution in [0.25, 0.3) is 5.76 Å². The molecule has 8 N–H and O–H groups in total. The predicted octanol–water partition coefficient (Wildman–Crippen LogP) is 0.850. The van der Waals surface area contributed by atoms with Crippen LogP contribution < -0.4 is 16.4 Å². The summed E-state index contributed by atoms with van der Waals surface area (Å²) in [5.41, 5.74) is 3.45. The second kappa shape index (κ2) is 9.52. The third kappa shape index (κ3) is 4.54. The maximum atomic E-state index is 14.0. The number of rotatable bonds is 4. The normalized spacial score (nSPS) is 34.6. The van der Waals surface area contributed by atoms with Crippen molar-refractivity contribution in [2.45, 2.75) is 88.2 Å². The van der Waals surface area contributed by atoms with Crippen LogP contribution >= 0.6 is 0 Å². The lowest BCUT2D eigenvalue weighted by molar-refractivity contribution is -0.184. The number of carbonyl (C=O) groups excluding carboxylic acids is 3. The summed E-state index contributed by atoms with van der Waals surface area (Å²) in [6.07, 6.45) is 0.440. The van der Waals surface area contributed by atoms with Crippen LogP contribution in [-0.4, -0.2) is 91.8 Å². The molecule has 5 rings (SSSR count). The van der Waals surface area contributed by atoms with Crippen molar-refractivity contribution in [2.75, 3.05) is 19.4 Å². The number of phenolic OH excluding ortho intramolecular Hbond substituents is 1. The van der Waals surface area contributed by atoms with E-state index in [1.54, 1.807) is 31.1 Å². The fourth-order valence-corrected chi connectivity index (χ4v) is 8.34. The maximum Gasteiger partial charge on any atom is 0.230 e. The van der Waals surface area contributed by atoms with Crippen molar-refractivity contribution in [1.29, 1.82) is 0 Å². The zero-order chi connectivity index (χ0) is 30.4. The van der Waals surface area contributed by atoms with Gasteiger partial charge in [-0.05, 0) is 85.0 Å². The molecular weight excluding hydrogens is 528 g/mol. The van der Waals surface area contributed by atoms with Crippen molar-refractivity contribution < 1.29 is 34.8 Å². The molecule has 1 amide bonds. The molecule has 2 saturated carbocycles. The van der Waals surface area contributed by atoms with E-state index < -0.39 is 58.7 Å². The number of nitrogens with two attached hydrogens (primary N) is 1. The first-order chi connectivity index (χ1) is 18.9. The molecule has 1 saturated heterocycles. The number of nitrogens with one attached hydrogen (secondary N) is 2. The van der Waals surface area contributed by atoms with Gasteiger partial charge in [0.2, 0.25) is 11.7 Å². The summed E-state index contributed by atoms with van der Waals surface area (Å²) in [5, 5.41) is 52.6. The van der Waals surface area contributed by atoms with Crippen LogP contribution in [0.2, 0.25) is 0 Å². The number of anilines is 1. The number of benzene rings is 1. The molecule has 3 aliphatic carbocycles. The van der Waals surface area contributed by atoms with Crippen molar-refractivity contribution >= 4 is 28.9 Å². The van der Waals surface area contributed by atoms with Gasteiger partial charge >= 0.3 is 0 Å². The van der Waals surface area contributed by atoms with Gasteiger partial charge in [0.05, 0.1) is 17.4 Å². The molecule has 1 aliphatic heterocycles. The highest BCUT2D eigenvalue weighted by Crippen LogP contribution is 2.53. The molecule has 1 aromatic rings. The quantitative estimate of drug-likeness (QED) is 0.202. The van der Waals surface area contributed by atoms with Crippen molar-refractivity contribution in [3.8, 4) is 5.75 Å². The lowest BCUT2D eigenvalue weighted by Gasteiger charge is -2.53. The van der Waals surface area contributed by atoms with Gasteiger partial charge in [-0.25, -0.2) is 0 Å². The number of hydrogen-bond donors (Lipinski definition) is 7. The number of phenols is 1. The largest absolute Gasteiger partial charge is 0.507 e. The molecule has 0 radical (unpaired) electrons. The Balaban J connectivity index is 1.55. The number of aliphatic hydroxyl groups is 3. The number of piperidine rings is 1. The Bertz CT molecular complexity index is 1340. The van der Waals surface area contributed by atoms with Crippen LogP contribution in [0, 0.1) is 17.8 Å². The fourth-order valence-electron chi connectivity index (χ4n) is 8.34. The second-order valence-electron chi connectivity index (χ2n) is 13.9. The molecule has 0 bridgehead atoms. The van der Waals surface area contributed by atoms with E-state index in [0.717, 1.165) is 12.8 Å². The Morgan fingerprint density at radius 1 is 1.10 bits per heavy atom. The summed E-state index contributed by atoms with van der Waals surface area (Å²) in [5.74, 6) is -7.41. The van der Waals surface area contributed by atoms with Crippen LogP contribution in [-0.2, 0) is 20.8 Å². The van der Waals surface area contributed by atoms with Gasteiger partial charge in [0.15, 0.2) is 11.4 Å². The third-order valence-electron chi connectivity index (χ3n) is 9.51. The van der Waals surface area contributed by atoms with E-state index in [4.69, 9.17) is 5.73 Å². The summed E-state index contributed by atoms with van der Waals surface area (Å²) < 4.78 is 0. The van der Waals surface area contributed by atoms with E-state index >= 15 is 0 Å². The van der Waals surface area contributed by atoms with Crippen molar-refractivity contribution in [1.82, 2.24) is 10.2 Å². The average molecular weight is 571 g/mol. The van der Waals surface area contributed by atoms with Gasteiger partial charge in [-0.2, -0.15) is 0 Å². The SMILES string of the molecule is CN(C)[C@@H]1C(O)C(C(N)=O)C(=O)[C@@]2(O)C(=O)C3=C(O)c4c(ccc(NC5CC(C)(C)NC(C)(C)C5)c4O)C[C@H]3C[C@@H]12.